The third kappa shape index (κ3) is 7.41. The molecule has 2 amide bonds. The second-order valence-corrected chi connectivity index (χ2v) is 8.71. The lowest BCUT2D eigenvalue weighted by molar-refractivity contribution is -0.138. The van der Waals surface area contributed by atoms with E-state index < -0.39 is 6.04 Å². The van der Waals surface area contributed by atoms with Gasteiger partial charge < -0.3 is 10.2 Å². The number of hydrogen-bond donors (Lipinski definition) is 1. The van der Waals surface area contributed by atoms with Crippen molar-refractivity contribution >= 4 is 58.4 Å². The van der Waals surface area contributed by atoms with E-state index in [1.54, 1.807) is 30.0 Å². The Morgan fingerprint density at radius 3 is 2.34 bits per heavy atom. The van der Waals surface area contributed by atoms with E-state index in [9.17, 15) is 9.59 Å². The second-order valence-electron chi connectivity index (χ2n) is 6.45. The van der Waals surface area contributed by atoms with Crippen molar-refractivity contribution in [2.24, 2.45) is 0 Å². The molecule has 0 spiro atoms. The number of benzene rings is 2. The number of carbonyl (C=O) groups is 2. The zero-order valence-electron chi connectivity index (χ0n) is 16.3. The van der Waals surface area contributed by atoms with Gasteiger partial charge in [-0.3, -0.25) is 9.59 Å². The summed E-state index contributed by atoms with van der Waals surface area (Å²) in [5.74, 6) is 0.591. The van der Waals surface area contributed by atoms with Gasteiger partial charge in [0.1, 0.15) is 6.04 Å². The quantitative estimate of drug-likeness (QED) is 0.528. The first-order valence-electron chi connectivity index (χ1n) is 9.15. The SMILES string of the molecule is CCNC(=O)[C@@H](C)N(Cc1ccc(Cl)cc1Cl)C(=O)CSCc1ccc(Cl)cc1. The van der Waals surface area contributed by atoms with Crippen LogP contribution in [0, 0.1) is 0 Å². The predicted octanol–water partition coefficient (Wildman–Crippen LogP) is 5.43. The van der Waals surface area contributed by atoms with Gasteiger partial charge in [-0.15, -0.1) is 11.8 Å². The fourth-order valence-electron chi connectivity index (χ4n) is 2.66. The van der Waals surface area contributed by atoms with Crippen LogP contribution in [0.2, 0.25) is 15.1 Å². The van der Waals surface area contributed by atoms with Crippen molar-refractivity contribution in [2.45, 2.75) is 32.2 Å². The fourth-order valence-corrected chi connectivity index (χ4v) is 4.12. The van der Waals surface area contributed by atoms with Gasteiger partial charge in [0.2, 0.25) is 11.8 Å². The number of hydrogen-bond acceptors (Lipinski definition) is 3. The summed E-state index contributed by atoms with van der Waals surface area (Å²) in [5.41, 5.74) is 1.82. The topological polar surface area (TPSA) is 49.4 Å². The highest BCUT2D eigenvalue weighted by Gasteiger charge is 2.26. The van der Waals surface area contributed by atoms with Crippen molar-refractivity contribution in [2.75, 3.05) is 12.3 Å². The van der Waals surface area contributed by atoms with Gasteiger partial charge in [-0.2, -0.15) is 0 Å². The molecule has 0 heterocycles. The van der Waals surface area contributed by atoms with Gasteiger partial charge in [-0.1, -0.05) is 53.0 Å². The summed E-state index contributed by atoms with van der Waals surface area (Å²) in [6.45, 7) is 4.29. The molecule has 0 saturated carbocycles. The molecule has 0 aliphatic rings. The van der Waals surface area contributed by atoms with E-state index in [1.165, 1.54) is 11.8 Å². The highest BCUT2D eigenvalue weighted by atomic mass is 35.5. The smallest absolute Gasteiger partial charge is 0.242 e. The van der Waals surface area contributed by atoms with Crippen LogP contribution in [0.15, 0.2) is 42.5 Å². The van der Waals surface area contributed by atoms with Crippen molar-refractivity contribution in [1.82, 2.24) is 10.2 Å². The van der Waals surface area contributed by atoms with Crippen LogP contribution in [0.3, 0.4) is 0 Å². The van der Waals surface area contributed by atoms with Crippen molar-refractivity contribution in [3.05, 3.63) is 68.7 Å². The van der Waals surface area contributed by atoms with Crippen LogP contribution in [-0.4, -0.2) is 35.1 Å². The van der Waals surface area contributed by atoms with Gasteiger partial charge in [0.15, 0.2) is 0 Å². The van der Waals surface area contributed by atoms with Crippen molar-refractivity contribution < 1.29 is 9.59 Å². The normalized spacial score (nSPS) is 11.8. The van der Waals surface area contributed by atoms with Crippen LogP contribution in [0.25, 0.3) is 0 Å². The zero-order chi connectivity index (χ0) is 21.4. The molecule has 2 aromatic rings. The molecule has 0 bridgehead atoms. The molecule has 0 unspecified atom stereocenters. The molecule has 0 aromatic heterocycles. The standard InChI is InChI=1S/C21H23Cl3N2O2S/c1-3-25-21(28)14(2)26(11-16-6-9-18(23)10-19(16)24)20(27)13-29-12-15-4-7-17(22)8-5-15/h4-10,14H,3,11-13H2,1-2H3,(H,25,28)/t14-/m1/s1. The molecule has 2 aromatic carbocycles. The molecule has 0 aliphatic heterocycles. The minimum absolute atomic E-state index is 0.131. The van der Waals surface area contributed by atoms with E-state index in [0.29, 0.717) is 27.4 Å². The Kier molecular flexibility index (Phi) is 9.63. The summed E-state index contributed by atoms with van der Waals surface area (Å²) in [5, 5.41) is 4.43. The molecule has 0 radical (unpaired) electrons. The van der Waals surface area contributed by atoms with Gasteiger partial charge in [0.05, 0.1) is 5.75 Å². The van der Waals surface area contributed by atoms with Crippen LogP contribution in [0.4, 0.5) is 0 Å². The lowest BCUT2D eigenvalue weighted by Gasteiger charge is -2.29. The number of thioether (sulfide) groups is 1. The van der Waals surface area contributed by atoms with E-state index >= 15 is 0 Å². The van der Waals surface area contributed by atoms with Crippen molar-refractivity contribution in [3.63, 3.8) is 0 Å². The molecular formula is C21H23Cl3N2O2S. The van der Waals surface area contributed by atoms with Gasteiger partial charge in [-0.05, 0) is 49.2 Å². The molecule has 0 aliphatic carbocycles. The van der Waals surface area contributed by atoms with E-state index in [-0.39, 0.29) is 24.1 Å². The molecule has 2 rings (SSSR count). The Hall–Kier alpha value is -1.40. The highest BCUT2D eigenvalue weighted by molar-refractivity contribution is 7.99. The number of amides is 2. The lowest BCUT2D eigenvalue weighted by atomic mass is 10.1. The molecule has 0 saturated heterocycles. The van der Waals surface area contributed by atoms with Crippen molar-refractivity contribution in [3.8, 4) is 0 Å². The first kappa shape index (κ1) is 23.9. The Balaban J connectivity index is 2.09. The number of halogens is 3. The van der Waals surface area contributed by atoms with Crippen molar-refractivity contribution in [1.29, 1.82) is 0 Å². The maximum Gasteiger partial charge on any atom is 0.242 e. The average Bonchev–Trinajstić information content (AvgIpc) is 2.68. The van der Waals surface area contributed by atoms with E-state index in [4.69, 9.17) is 34.8 Å². The first-order valence-corrected chi connectivity index (χ1v) is 11.4. The summed E-state index contributed by atoms with van der Waals surface area (Å²) in [6.07, 6.45) is 0. The molecule has 156 valence electrons. The largest absolute Gasteiger partial charge is 0.355 e. The maximum absolute atomic E-state index is 13.0. The maximum atomic E-state index is 13.0. The third-order valence-electron chi connectivity index (χ3n) is 4.28. The van der Waals surface area contributed by atoms with Crippen LogP contribution in [0.5, 0.6) is 0 Å². The van der Waals surface area contributed by atoms with Crippen LogP contribution in [0.1, 0.15) is 25.0 Å². The summed E-state index contributed by atoms with van der Waals surface area (Å²) < 4.78 is 0. The first-order chi connectivity index (χ1) is 13.8. The molecule has 1 N–H and O–H groups in total. The monoisotopic (exact) mass is 472 g/mol. The molecule has 8 heteroatoms. The summed E-state index contributed by atoms with van der Waals surface area (Å²) in [4.78, 5) is 26.9. The Labute approximate surface area is 190 Å². The number of likely N-dealkylation sites (N-methyl/N-ethyl adjacent to an activating group) is 1. The predicted molar refractivity (Wildman–Crippen MR) is 123 cm³/mol. The summed E-state index contributed by atoms with van der Waals surface area (Å²) >= 11 is 19.6. The van der Waals surface area contributed by atoms with Gasteiger partial charge in [-0.25, -0.2) is 0 Å². The Morgan fingerprint density at radius 1 is 1.07 bits per heavy atom. The number of nitrogens with one attached hydrogen (secondary N) is 1. The number of nitrogens with zero attached hydrogens (tertiary/aromatic N) is 1. The molecule has 4 nitrogen and oxygen atoms in total. The Morgan fingerprint density at radius 2 is 1.72 bits per heavy atom. The zero-order valence-corrected chi connectivity index (χ0v) is 19.3. The molecule has 1 atom stereocenters. The Bertz CT molecular complexity index is 846. The molecule has 29 heavy (non-hydrogen) atoms. The minimum atomic E-state index is -0.620. The van der Waals surface area contributed by atoms with Gasteiger partial charge in [0.25, 0.3) is 0 Å². The fraction of sp³-hybridized carbons (Fsp3) is 0.333. The van der Waals surface area contributed by atoms with Crippen LogP contribution in [-0.2, 0) is 21.9 Å². The second kappa shape index (κ2) is 11.7. The highest BCUT2D eigenvalue weighted by Crippen LogP contribution is 2.24. The van der Waals surface area contributed by atoms with E-state index in [2.05, 4.69) is 5.32 Å². The summed E-state index contributed by atoms with van der Waals surface area (Å²) in [6, 6.07) is 12.0. The third-order valence-corrected chi connectivity index (χ3v) is 6.11. The van der Waals surface area contributed by atoms with E-state index in [1.807, 2.05) is 31.2 Å². The van der Waals surface area contributed by atoms with Crippen LogP contribution >= 0.6 is 46.6 Å². The van der Waals surface area contributed by atoms with Crippen LogP contribution < -0.4 is 5.32 Å². The van der Waals surface area contributed by atoms with Gasteiger partial charge in [0, 0.05) is 33.9 Å². The molecular weight excluding hydrogens is 451 g/mol. The average molecular weight is 474 g/mol. The number of rotatable bonds is 9. The summed E-state index contributed by atoms with van der Waals surface area (Å²) in [7, 11) is 0. The minimum Gasteiger partial charge on any atom is -0.355 e. The van der Waals surface area contributed by atoms with E-state index in [0.717, 1.165) is 11.1 Å². The number of carbonyl (C=O) groups excluding carboxylic acids is 2. The van der Waals surface area contributed by atoms with Gasteiger partial charge >= 0.3 is 0 Å². The molecule has 0 fully saturated rings. The lowest BCUT2D eigenvalue weighted by Crippen LogP contribution is -2.48.